The van der Waals surface area contributed by atoms with Crippen molar-refractivity contribution < 1.29 is 14.3 Å². The Morgan fingerprint density at radius 3 is 2.63 bits per heavy atom. The van der Waals surface area contributed by atoms with Gasteiger partial charge in [0.15, 0.2) is 5.60 Å². The minimum atomic E-state index is -1.03. The van der Waals surface area contributed by atoms with E-state index in [1.54, 1.807) is 11.8 Å². The van der Waals surface area contributed by atoms with Crippen molar-refractivity contribution in [1.82, 2.24) is 4.90 Å². The van der Waals surface area contributed by atoms with Crippen molar-refractivity contribution in [3.05, 3.63) is 0 Å². The summed E-state index contributed by atoms with van der Waals surface area (Å²) >= 11 is 0. The third-order valence-corrected chi connectivity index (χ3v) is 4.34. The Hall–Kier alpha value is -1.10. The van der Waals surface area contributed by atoms with Gasteiger partial charge in [0, 0.05) is 13.0 Å². The van der Waals surface area contributed by atoms with Crippen LogP contribution in [0.2, 0.25) is 0 Å². The second-order valence-corrected chi connectivity index (χ2v) is 5.97. The number of nitrogens with zero attached hydrogens (tertiary/aromatic N) is 1. The molecule has 1 atom stereocenters. The molecule has 0 spiro atoms. The van der Waals surface area contributed by atoms with Gasteiger partial charge in [-0.25, -0.2) is 0 Å². The number of nitrogens with two attached hydrogens (primary N) is 1. The lowest BCUT2D eigenvalue weighted by Crippen LogP contribution is -2.58. The summed E-state index contributed by atoms with van der Waals surface area (Å²) in [4.78, 5) is 25.4. The molecule has 0 aromatic rings. The highest BCUT2D eigenvalue weighted by Crippen LogP contribution is 2.27. The van der Waals surface area contributed by atoms with Crippen LogP contribution in [-0.2, 0) is 14.3 Å². The number of rotatable bonds is 3. The Labute approximate surface area is 114 Å². The van der Waals surface area contributed by atoms with E-state index in [9.17, 15) is 9.59 Å². The summed E-state index contributed by atoms with van der Waals surface area (Å²) in [6.07, 6.45) is 6.68. The van der Waals surface area contributed by atoms with Crippen LogP contribution >= 0.6 is 0 Å². The van der Waals surface area contributed by atoms with Gasteiger partial charge in [0.05, 0.1) is 13.2 Å². The van der Waals surface area contributed by atoms with Gasteiger partial charge in [0.2, 0.25) is 5.91 Å². The Kier molecular flexibility index (Phi) is 4.45. The minimum Gasteiger partial charge on any atom is -0.367 e. The first kappa shape index (κ1) is 14.3. The van der Waals surface area contributed by atoms with Gasteiger partial charge in [-0.15, -0.1) is 0 Å². The van der Waals surface area contributed by atoms with Crippen molar-refractivity contribution in [2.45, 2.75) is 51.0 Å². The van der Waals surface area contributed by atoms with Gasteiger partial charge >= 0.3 is 0 Å². The highest BCUT2D eigenvalue weighted by atomic mass is 16.5. The minimum absolute atomic E-state index is 0.141. The van der Waals surface area contributed by atoms with Crippen LogP contribution in [0.1, 0.15) is 45.4 Å². The van der Waals surface area contributed by atoms with Crippen LogP contribution in [0.3, 0.4) is 0 Å². The maximum Gasteiger partial charge on any atom is 0.251 e. The van der Waals surface area contributed by atoms with E-state index >= 15 is 0 Å². The first-order chi connectivity index (χ1) is 9.01. The number of ether oxygens (including phenoxy) is 1. The average Bonchev–Trinajstić information content (AvgIpc) is 2.40. The largest absolute Gasteiger partial charge is 0.367 e. The highest BCUT2D eigenvalue weighted by molar-refractivity contribution is 5.85. The zero-order valence-corrected chi connectivity index (χ0v) is 11.7. The van der Waals surface area contributed by atoms with Crippen molar-refractivity contribution in [1.29, 1.82) is 0 Å². The maximum atomic E-state index is 12.3. The van der Waals surface area contributed by atoms with E-state index in [0.29, 0.717) is 25.5 Å². The molecule has 2 rings (SSSR count). The van der Waals surface area contributed by atoms with Gasteiger partial charge in [-0.1, -0.05) is 19.3 Å². The van der Waals surface area contributed by atoms with Crippen LogP contribution in [-0.4, -0.2) is 42.0 Å². The van der Waals surface area contributed by atoms with Gasteiger partial charge in [0.25, 0.3) is 5.91 Å². The molecule has 2 amide bonds. The van der Waals surface area contributed by atoms with Crippen LogP contribution in [0.15, 0.2) is 0 Å². The van der Waals surface area contributed by atoms with E-state index in [2.05, 4.69) is 0 Å². The first-order valence-electron chi connectivity index (χ1n) is 7.23. The molecule has 1 heterocycles. The van der Waals surface area contributed by atoms with E-state index in [4.69, 9.17) is 10.5 Å². The predicted molar refractivity (Wildman–Crippen MR) is 71.3 cm³/mol. The number of hydrogen-bond donors (Lipinski definition) is 1. The molecular weight excluding hydrogens is 244 g/mol. The molecular formula is C14H24N2O3. The smallest absolute Gasteiger partial charge is 0.251 e. The zero-order valence-electron chi connectivity index (χ0n) is 11.7. The standard InChI is InChI=1S/C14H24N2O3/c1-14(13(15)18)10-16(7-8-19-14)12(17)9-11-5-3-2-4-6-11/h11H,2-10H2,1H3,(H2,15,18)/t14-/m1/s1. The average molecular weight is 268 g/mol. The second-order valence-electron chi connectivity index (χ2n) is 5.97. The monoisotopic (exact) mass is 268 g/mol. The third-order valence-electron chi connectivity index (χ3n) is 4.34. The van der Waals surface area contributed by atoms with E-state index in [1.807, 2.05) is 0 Å². The summed E-state index contributed by atoms with van der Waals surface area (Å²) in [5.41, 5.74) is 4.32. The Morgan fingerprint density at radius 2 is 2.00 bits per heavy atom. The molecule has 5 heteroatoms. The lowest BCUT2D eigenvalue weighted by molar-refractivity contribution is -0.160. The highest BCUT2D eigenvalue weighted by Gasteiger charge is 2.39. The fourth-order valence-electron chi connectivity index (χ4n) is 3.00. The summed E-state index contributed by atoms with van der Waals surface area (Å²) in [6.45, 7) is 2.90. The Balaban J connectivity index is 1.89. The molecule has 0 radical (unpaired) electrons. The number of morpholine rings is 1. The number of carbonyl (C=O) groups excluding carboxylic acids is 2. The Bertz CT molecular complexity index is 353. The number of amides is 2. The van der Waals surface area contributed by atoms with E-state index < -0.39 is 11.5 Å². The van der Waals surface area contributed by atoms with E-state index in [1.165, 1.54) is 19.3 Å². The number of carbonyl (C=O) groups is 2. The van der Waals surface area contributed by atoms with Gasteiger partial charge in [-0.3, -0.25) is 9.59 Å². The van der Waals surface area contributed by atoms with E-state index in [0.717, 1.165) is 12.8 Å². The van der Waals surface area contributed by atoms with Crippen molar-refractivity contribution in [2.24, 2.45) is 11.7 Å². The molecule has 2 aliphatic rings. The summed E-state index contributed by atoms with van der Waals surface area (Å²) in [5.74, 6) is 0.161. The molecule has 5 nitrogen and oxygen atoms in total. The summed E-state index contributed by atoms with van der Waals surface area (Å²) in [5, 5.41) is 0. The van der Waals surface area contributed by atoms with Crippen molar-refractivity contribution in [3.63, 3.8) is 0 Å². The second kappa shape index (κ2) is 5.90. The SMILES string of the molecule is C[C@]1(C(N)=O)CN(C(=O)CC2CCCCC2)CCO1. The summed E-state index contributed by atoms with van der Waals surface area (Å²) < 4.78 is 5.43. The molecule has 108 valence electrons. The lowest BCUT2D eigenvalue weighted by Gasteiger charge is -2.39. The molecule has 1 aliphatic carbocycles. The quantitative estimate of drug-likeness (QED) is 0.832. The molecule has 19 heavy (non-hydrogen) atoms. The van der Waals surface area contributed by atoms with Crippen LogP contribution in [0, 0.1) is 5.92 Å². The number of hydrogen-bond acceptors (Lipinski definition) is 3. The van der Waals surface area contributed by atoms with Gasteiger partial charge in [0.1, 0.15) is 0 Å². The van der Waals surface area contributed by atoms with Gasteiger partial charge in [-0.05, 0) is 25.7 Å². The fraction of sp³-hybridized carbons (Fsp3) is 0.857. The molecule has 2 fully saturated rings. The van der Waals surface area contributed by atoms with Crippen LogP contribution in [0.25, 0.3) is 0 Å². The van der Waals surface area contributed by atoms with Crippen LogP contribution in [0.5, 0.6) is 0 Å². The molecule has 1 saturated carbocycles. The molecule has 1 saturated heterocycles. The number of primary amides is 1. The molecule has 1 aliphatic heterocycles. The molecule has 2 N–H and O–H groups in total. The molecule has 0 bridgehead atoms. The van der Waals surface area contributed by atoms with Gasteiger partial charge < -0.3 is 15.4 Å². The molecule has 0 unspecified atom stereocenters. The topological polar surface area (TPSA) is 72.6 Å². The predicted octanol–water partition coefficient (Wildman–Crippen LogP) is 1.06. The lowest BCUT2D eigenvalue weighted by atomic mass is 9.86. The summed E-state index contributed by atoms with van der Waals surface area (Å²) in [7, 11) is 0. The maximum absolute atomic E-state index is 12.3. The van der Waals surface area contributed by atoms with Gasteiger partial charge in [-0.2, -0.15) is 0 Å². The molecule has 0 aromatic carbocycles. The fourth-order valence-corrected chi connectivity index (χ4v) is 3.00. The van der Waals surface area contributed by atoms with Crippen molar-refractivity contribution in [3.8, 4) is 0 Å². The van der Waals surface area contributed by atoms with Crippen LogP contribution < -0.4 is 5.73 Å². The summed E-state index contributed by atoms with van der Waals surface area (Å²) in [6, 6.07) is 0. The van der Waals surface area contributed by atoms with E-state index in [-0.39, 0.29) is 12.5 Å². The van der Waals surface area contributed by atoms with Crippen LogP contribution in [0.4, 0.5) is 0 Å². The van der Waals surface area contributed by atoms with Crippen molar-refractivity contribution >= 4 is 11.8 Å². The Morgan fingerprint density at radius 1 is 1.32 bits per heavy atom. The molecule has 0 aromatic heterocycles. The normalized spacial score (nSPS) is 29.2. The zero-order chi connectivity index (χ0) is 13.9. The van der Waals surface area contributed by atoms with Crippen molar-refractivity contribution in [2.75, 3.05) is 19.7 Å². The first-order valence-corrected chi connectivity index (χ1v) is 7.23. The third kappa shape index (κ3) is 3.47.